The highest BCUT2D eigenvalue weighted by Crippen LogP contribution is 2.39. The molecular formula is C31H55F2N3O7. The van der Waals surface area contributed by atoms with Crippen LogP contribution in [0.5, 0.6) is 0 Å². The van der Waals surface area contributed by atoms with Gasteiger partial charge in [0.15, 0.2) is 6.29 Å². The number of esters is 1. The van der Waals surface area contributed by atoms with Crippen LogP contribution in [-0.4, -0.2) is 121 Å². The van der Waals surface area contributed by atoms with E-state index in [1.54, 1.807) is 20.8 Å². The van der Waals surface area contributed by atoms with Crippen LogP contribution in [0.25, 0.3) is 0 Å². The number of nitrogens with one attached hydrogen (secondary N) is 1. The van der Waals surface area contributed by atoms with Gasteiger partial charge in [-0.05, 0) is 66.6 Å². The zero-order valence-corrected chi connectivity index (χ0v) is 27.2. The SMILES string of the molecule is CC1C(=O)NCCN(C)C[C@H](C)C[C@@](C)(O)[C@H](O[C@@H]2O[C@H](C)CC(N(C)C)[C@H]2O)[C@@H](C)[C@@H]1OC(=O)C1CCC(F)(F)CC1. The van der Waals surface area contributed by atoms with Gasteiger partial charge in [-0.15, -0.1) is 0 Å². The summed E-state index contributed by atoms with van der Waals surface area (Å²) in [6.45, 7) is 10.7. The van der Waals surface area contributed by atoms with Crippen LogP contribution in [0.15, 0.2) is 0 Å². The van der Waals surface area contributed by atoms with E-state index < -0.39 is 72.7 Å². The minimum atomic E-state index is -2.80. The van der Waals surface area contributed by atoms with E-state index in [0.717, 1.165) is 0 Å². The van der Waals surface area contributed by atoms with Crippen LogP contribution >= 0.6 is 0 Å². The van der Waals surface area contributed by atoms with Crippen molar-refractivity contribution in [2.45, 2.75) is 121 Å². The van der Waals surface area contributed by atoms with Crippen molar-refractivity contribution in [1.82, 2.24) is 15.1 Å². The predicted molar refractivity (Wildman–Crippen MR) is 157 cm³/mol. The number of rotatable bonds is 5. The van der Waals surface area contributed by atoms with Gasteiger partial charge >= 0.3 is 5.97 Å². The molecule has 3 fully saturated rings. The first-order valence-electron chi connectivity index (χ1n) is 15.8. The molecule has 1 saturated carbocycles. The number of aliphatic hydroxyl groups is 2. The standard InChI is InChI=1S/C31H55F2N3O7/c1-18-16-30(5,40)26(43-29-24(37)23(35(6)7)15-19(2)41-29)20(3)25(21(4)27(38)34-13-14-36(8)17-18)42-28(39)22-9-11-31(32,33)12-10-22/h18-26,29,37,40H,9-17H2,1-8H3,(H,34,38)/t18-,19-,20+,21?,23?,24-,25+,26-,29+,30-/m1/s1. The molecule has 2 heterocycles. The highest BCUT2D eigenvalue weighted by Gasteiger charge is 2.49. The van der Waals surface area contributed by atoms with E-state index >= 15 is 0 Å². The molecule has 0 radical (unpaired) electrons. The van der Waals surface area contributed by atoms with Gasteiger partial charge in [0.2, 0.25) is 11.8 Å². The Morgan fingerprint density at radius 1 is 1.16 bits per heavy atom. The molecule has 3 N–H and O–H groups in total. The second-order valence-electron chi connectivity index (χ2n) is 14.0. The quantitative estimate of drug-likeness (QED) is 0.399. The summed E-state index contributed by atoms with van der Waals surface area (Å²) >= 11 is 0. The number of carbonyl (C=O) groups is 2. The van der Waals surface area contributed by atoms with Crippen molar-refractivity contribution < 1.29 is 42.8 Å². The van der Waals surface area contributed by atoms with Crippen LogP contribution in [0.4, 0.5) is 8.78 Å². The molecule has 2 aliphatic heterocycles. The zero-order valence-electron chi connectivity index (χ0n) is 27.2. The lowest BCUT2D eigenvalue weighted by Crippen LogP contribution is -2.59. The van der Waals surface area contributed by atoms with Gasteiger partial charge in [-0.1, -0.05) is 20.8 Å². The van der Waals surface area contributed by atoms with Crippen LogP contribution in [0.1, 0.15) is 73.1 Å². The molecule has 1 amide bonds. The van der Waals surface area contributed by atoms with Crippen molar-refractivity contribution in [3.8, 4) is 0 Å². The van der Waals surface area contributed by atoms with Crippen LogP contribution in [-0.2, 0) is 23.8 Å². The van der Waals surface area contributed by atoms with Gasteiger partial charge in [0.05, 0.1) is 29.6 Å². The Kier molecular flexibility index (Phi) is 12.4. The molecular weight excluding hydrogens is 564 g/mol. The van der Waals surface area contributed by atoms with Crippen molar-refractivity contribution in [3.63, 3.8) is 0 Å². The molecule has 0 aromatic heterocycles. The lowest BCUT2D eigenvalue weighted by Gasteiger charge is -2.47. The number of ether oxygens (including phenoxy) is 3. The minimum absolute atomic E-state index is 0.000916. The maximum atomic E-state index is 13.8. The summed E-state index contributed by atoms with van der Waals surface area (Å²) in [6, 6.07) is -0.251. The van der Waals surface area contributed by atoms with E-state index in [2.05, 4.69) is 10.2 Å². The Morgan fingerprint density at radius 3 is 2.40 bits per heavy atom. The molecule has 2 unspecified atom stereocenters. The highest BCUT2D eigenvalue weighted by molar-refractivity contribution is 5.80. The molecule has 0 bridgehead atoms. The van der Waals surface area contributed by atoms with E-state index in [9.17, 15) is 28.6 Å². The second-order valence-corrected chi connectivity index (χ2v) is 14.0. The smallest absolute Gasteiger partial charge is 0.309 e. The summed E-state index contributed by atoms with van der Waals surface area (Å²) < 4.78 is 46.3. The molecule has 12 heteroatoms. The number of alkyl halides is 2. The van der Waals surface area contributed by atoms with E-state index in [0.29, 0.717) is 32.5 Å². The normalized spacial score (nSPS) is 41.0. The Morgan fingerprint density at radius 2 is 1.79 bits per heavy atom. The molecule has 0 aromatic rings. The summed E-state index contributed by atoms with van der Waals surface area (Å²) in [5.41, 5.74) is -1.47. The Labute approximate surface area is 255 Å². The summed E-state index contributed by atoms with van der Waals surface area (Å²) in [4.78, 5) is 30.7. The monoisotopic (exact) mass is 619 g/mol. The topological polar surface area (TPSA) is 121 Å². The fourth-order valence-corrected chi connectivity index (χ4v) is 7.17. The van der Waals surface area contributed by atoms with Crippen molar-refractivity contribution in [1.29, 1.82) is 0 Å². The fraction of sp³-hybridized carbons (Fsp3) is 0.935. The number of hydrogen-bond donors (Lipinski definition) is 3. The largest absolute Gasteiger partial charge is 0.461 e. The first-order valence-corrected chi connectivity index (χ1v) is 15.8. The fourth-order valence-electron chi connectivity index (χ4n) is 7.17. The lowest BCUT2D eigenvalue weighted by molar-refractivity contribution is -0.299. The van der Waals surface area contributed by atoms with Crippen LogP contribution < -0.4 is 5.32 Å². The number of nitrogens with zero attached hydrogens (tertiary/aromatic N) is 2. The molecule has 10 nitrogen and oxygen atoms in total. The summed E-state index contributed by atoms with van der Waals surface area (Å²) in [5.74, 6) is -5.99. The van der Waals surface area contributed by atoms with Gasteiger partial charge < -0.3 is 39.5 Å². The van der Waals surface area contributed by atoms with E-state index in [-0.39, 0.29) is 36.8 Å². The Bertz CT molecular complexity index is 929. The average molecular weight is 620 g/mol. The number of likely N-dealkylation sites (N-methyl/N-ethyl adjacent to an activating group) is 2. The third kappa shape index (κ3) is 9.53. The van der Waals surface area contributed by atoms with Gasteiger partial charge in [-0.3, -0.25) is 9.59 Å². The third-order valence-electron chi connectivity index (χ3n) is 9.55. The maximum Gasteiger partial charge on any atom is 0.309 e. The summed E-state index contributed by atoms with van der Waals surface area (Å²) in [5, 5.41) is 26.3. The predicted octanol–water partition coefficient (Wildman–Crippen LogP) is 2.65. The lowest BCUT2D eigenvalue weighted by atomic mass is 9.77. The van der Waals surface area contributed by atoms with Crippen molar-refractivity contribution in [2.75, 3.05) is 40.8 Å². The van der Waals surface area contributed by atoms with Crippen molar-refractivity contribution in [3.05, 3.63) is 0 Å². The molecule has 0 aromatic carbocycles. The van der Waals surface area contributed by atoms with Crippen molar-refractivity contribution >= 4 is 11.9 Å². The molecule has 0 spiro atoms. The number of aliphatic hydroxyl groups excluding tert-OH is 1. The van der Waals surface area contributed by atoms with Crippen LogP contribution in [0.3, 0.4) is 0 Å². The van der Waals surface area contributed by atoms with E-state index in [4.69, 9.17) is 14.2 Å². The average Bonchev–Trinajstić information content (AvgIpc) is 2.89. The van der Waals surface area contributed by atoms with E-state index in [1.807, 2.05) is 39.9 Å². The number of hydrogen-bond acceptors (Lipinski definition) is 9. The minimum Gasteiger partial charge on any atom is -0.461 e. The highest BCUT2D eigenvalue weighted by atomic mass is 19.3. The Balaban J connectivity index is 1.98. The van der Waals surface area contributed by atoms with E-state index in [1.165, 1.54) is 0 Å². The summed E-state index contributed by atoms with van der Waals surface area (Å²) in [6.07, 6.45) is -4.25. The zero-order chi connectivity index (χ0) is 32.3. The number of carbonyl (C=O) groups excluding carboxylic acids is 2. The first kappa shape index (κ1) is 36.0. The number of amides is 1. The molecule has 250 valence electrons. The number of halogens is 2. The first-order chi connectivity index (χ1) is 19.9. The van der Waals surface area contributed by atoms with Gasteiger partial charge in [0, 0.05) is 44.4 Å². The van der Waals surface area contributed by atoms with Crippen molar-refractivity contribution in [2.24, 2.45) is 23.7 Å². The molecule has 43 heavy (non-hydrogen) atoms. The summed E-state index contributed by atoms with van der Waals surface area (Å²) in [7, 11) is 5.69. The molecule has 2 saturated heterocycles. The van der Waals surface area contributed by atoms with Gasteiger partial charge in [0.25, 0.3) is 0 Å². The maximum absolute atomic E-state index is 13.8. The van der Waals surface area contributed by atoms with Gasteiger partial charge in [-0.25, -0.2) is 8.78 Å². The van der Waals surface area contributed by atoms with Crippen LogP contribution in [0, 0.1) is 23.7 Å². The third-order valence-corrected chi connectivity index (χ3v) is 9.55. The van der Waals surface area contributed by atoms with Gasteiger partial charge in [0.1, 0.15) is 12.2 Å². The molecule has 1 aliphatic carbocycles. The van der Waals surface area contributed by atoms with Gasteiger partial charge in [-0.2, -0.15) is 0 Å². The van der Waals surface area contributed by atoms with Crippen LogP contribution in [0.2, 0.25) is 0 Å². The second kappa shape index (κ2) is 14.8. The molecule has 3 aliphatic rings. The Hall–Kier alpha value is -1.44. The molecule has 3 rings (SSSR count). The molecule has 10 atom stereocenters.